The molecule has 6 heteroatoms. The van der Waals surface area contributed by atoms with Gasteiger partial charge in [0, 0.05) is 10.7 Å². The molecule has 4 nitrogen and oxygen atoms in total. The molecule has 0 saturated carbocycles. The summed E-state index contributed by atoms with van der Waals surface area (Å²) < 4.78 is 18.7. The summed E-state index contributed by atoms with van der Waals surface area (Å²) in [7, 11) is 0. The van der Waals surface area contributed by atoms with Gasteiger partial charge in [0.05, 0.1) is 5.69 Å². The van der Waals surface area contributed by atoms with E-state index in [1.807, 2.05) is 0 Å². The quantitative estimate of drug-likeness (QED) is 0.852. The van der Waals surface area contributed by atoms with Crippen LogP contribution in [0.5, 0.6) is 5.75 Å². The Morgan fingerprint density at radius 3 is 2.85 bits per heavy atom. The molecular formula is C14H12ClFN2O2. The van der Waals surface area contributed by atoms with Crippen molar-refractivity contribution in [2.75, 3.05) is 17.7 Å². The Hall–Kier alpha value is -2.27. The molecule has 3 N–H and O–H groups in total. The highest BCUT2D eigenvalue weighted by Crippen LogP contribution is 2.18. The second kappa shape index (κ2) is 6.25. The minimum atomic E-state index is -0.560. The summed E-state index contributed by atoms with van der Waals surface area (Å²) in [6.07, 6.45) is 0. The van der Waals surface area contributed by atoms with Crippen LogP contribution in [0.2, 0.25) is 5.02 Å². The van der Waals surface area contributed by atoms with Gasteiger partial charge in [-0.1, -0.05) is 17.7 Å². The van der Waals surface area contributed by atoms with Gasteiger partial charge >= 0.3 is 0 Å². The van der Waals surface area contributed by atoms with Crippen molar-refractivity contribution in [3.8, 4) is 5.75 Å². The first-order chi connectivity index (χ1) is 9.54. The van der Waals surface area contributed by atoms with Crippen molar-refractivity contribution in [1.29, 1.82) is 0 Å². The summed E-state index contributed by atoms with van der Waals surface area (Å²) >= 11 is 5.78. The minimum Gasteiger partial charge on any atom is -0.484 e. The monoisotopic (exact) mass is 294 g/mol. The number of carbonyl (C=O) groups is 1. The Labute approximate surface area is 120 Å². The van der Waals surface area contributed by atoms with Gasteiger partial charge in [-0.25, -0.2) is 4.39 Å². The number of ether oxygens (including phenoxy) is 1. The smallest absolute Gasteiger partial charge is 0.262 e. The first-order valence-electron chi connectivity index (χ1n) is 5.78. The highest BCUT2D eigenvalue weighted by atomic mass is 35.5. The topological polar surface area (TPSA) is 64.3 Å². The molecule has 2 rings (SSSR count). The maximum atomic E-state index is 13.4. The number of anilines is 2. The van der Waals surface area contributed by atoms with Crippen LogP contribution in [0, 0.1) is 5.82 Å². The summed E-state index contributed by atoms with van der Waals surface area (Å²) in [5.74, 6) is -0.592. The number of nitrogens with two attached hydrogens (primary N) is 1. The molecule has 1 amide bonds. The first kappa shape index (κ1) is 14.1. The fourth-order valence-corrected chi connectivity index (χ4v) is 1.71. The molecular weight excluding hydrogens is 283 g/mol. The second-order valence-corrected chi connectivity index (χ2v) is 4.47. The molecule has 0 bridgehead atoms. The predicted molar refractivity (Wildman–Crippen MR) is 76.4 cm³/mol. The van der Waals surface area contributed by atoms with Gasteiger partial charge in [0.2, 0.25) is 0 Å². The maximum absolute atomic E-state index is 13.4. The molecule has 0 saturated heterocycles. The fraction of sp³-hybridized carbons (Fsp3) is 0.0714. The van der Waals surface area contributed by atoms with E-state index in [0.29, 0.717) is 16.5 Å². The van der Waals surface area contributed by atoms with Gasteiger partial charge in [-0.05, 0) is 36.4 Å². The van der Waals surface area contributed by atoms with Gasteiger partial charge in [0.1, 0.15) is 11.6 Å². The number of benzene rings is 2. The van der Waals surface area contributed by atoms with E-state index in [1.165, 1.54) is 18.2 Å². The van der Waals surface area contributed by atoms with Crippen molar-refractivity contribution < 1.29 is 13.9 Å². The third-order valence-corrected chi connectivity index (χ3v) is 2.67. The van der Waals surface area contributed by atoms with E-state index in [9.17, 15) is 9.18 Å². The lowest BCUT2D eigenvalue weighted by molar-refractivity contribution is -0.118. The normalized spacial score (nSPS) is 10.1. The SMILES string of the molecule is Nc1ccc(F)c(NC(=O)COc2cccc(Cl)c2)c1. The number of rotatable bonds is 4. The second-order valence-electron chi connectivity index (χ2n) is 4.03. The van der Waals surface area contributed by atoms with Crippen molar-refractivity contribution in [3.05, 3.63) is 53.3 Å². The average Bonchev–Trinajstić information content (AvgIpc) is 2.41. The number of halogens is 2. The van der Waals surface area contributed by atoms with Crippen molar-refractivity contribution in [3.63, 3.8) is 0 Å². The highest BCUT2D eigenvalue weighted by Gasteiger charge is 2.08. The Bertz CT molecular complexity index is 634. The molecule has 0 spiro atoms. The molecule has 0 aliphatic carbocycles. The number of amides is 1. The van der Waals surface area contributed by atoms with Gasteiger partial charge in [-0.3, -0.25) is 4.79 Å². The van der Waals surface area contributed by atoms with Crippen molar-refractivity contribution in [1.82, 2.24) is 0 Å². The van der Waals surface area contributed by atoms with Crippen LogP contribution in [-0.2, 0) is 4.79 Å². The average molecular weight is 295 g/mol. The zero-order chi connectivity index (χ0) is 14.5. The van der Waals surface area contributed by atoms with E-state index in [-0.39, 0.29) is 12.3 Å². The number of nitrogens with one attached hydrogen (secondary N) is 1. The molecule has 0 aliphatic rings. The van der Waals surface area contributed by atoms with Crippen molar-refractivity contribution >= 4 is 28.9 Å². The summed E-state index contributed by atoms with van der Waals surface area (Å²) in [4.78, 5) is 11.7. The third-order valence-electron chi connectivity index (χ3n) is 2.43. The Morgan fingerprint density at radius 1 is 1.30 bits per heavy atom. The first-order valence-corrected chi connectivity index (χ1v) is 6.15. The molecule has 0 atom stereocenters. The summed E-state index contributed by atoms with van der Waals surface area (Å²) in [5.41, 5.74) is 5.90. The van der Waals surface area contributed by atoms with E-state index < -0.39 is 11.7 Å². The highest BCUT2D eigenvalue weighted by molar-refractivity contribution is 6.30. The Kier molecular flexibility index (Phi) is 4.42. The maximum Gasteiger partial charge on any atom is 0.262 e. The van der Waals surface area contributed by atoms with E-state index >= 15 is 0 Å². The number of hydrogen-bond donors (Lipinski definition) is 2. The van der Waals surface area contributed by atoms with E-state index in [1.54, 1.807) is 24.3 Å². The van der Waals surface area contributed by atoms with Gasteiger partial charge < -0.3 is 15.8 Å². The molecule has 0 heterocycles. The van der Waals surface area contributed by atoms with E-state index in [2.05, 4.69) is 5.32 Å². The van der Waals surface area contributed by atoms with E-state index in [0.717, 1.165) is 0 Å². The fourth-order valence-electron chi connectivity index (χ4n) is 1.53. The van der Waals surface area contributed by atoms with Gasteiger partial charge in [0.25, 0.3) is 5.91 Å². The molecule has 2 aromatic carbocycles. The predicted octanol–water partition coefficient (Wildman–Crippen LogP) is 3.08. The number of nitrogen functional groups attached to an aromatic ring is 1. The summed E-state index contributed by atoms with van der Waals surface area (Å²) in [6, 6.07) is 10.6. The third kappa shape index (κ3) is 3.86. The largest absolute Gasteiger partial charge is 0.484 e. The van der Waals surface area contributed by atoms with Gasteiger partial charge in [-0.15, -0.1) is 0 Å². The molecule has 0 radical (unpaired) electrons. The molecule has 20 heavy (non-hydrogen) atoms. The molecule has 2 aromatic rings. The molecule has 0 aromatic heterocycles. The summed E-state index contributed by atoms with van der Waals surface area (Å²) in [5, 5.41) is 2.89. The molecule has 0 fully saturated rings. The van der Waals surface area contributed by atoms with Crippen LogP contribution < -0.4 is 15.8 Å². The van der Waals surface area contributed by atoms with Crippen LogP contribution >= 0.6 is 11.6 Å². The van der Waals surface area contributed by atoms with Gasteiger partial charge in [0.15, 0.2) is 6.61 Å². The van der Waals surface area contributed by atoms with Gasteiger partial charge in [-0.2, -0.15) is 0 Å². The lowest BCUT2D eigenvalue weighted by atomic mass is 10.2. The summed E-state index contributed by atoms with van der Waals surface area (Å²) in [6.45, 7) is -0.255. The Balaban J connectivity index is 1.94. The van der Waals surface area contributed by atoms with Crippen LogP contribution in [0.25, 0.3) is 0 Å². The standard InChI is InChI=1S/C14H12ClFN2O2/c15-9-2-1-3-11(6-9)20-8-14(19)18-13-7-10(17)4-5-12(13)16/h1-7H,8,17H2,(H,18,19). The zero-order valence-corrected chi connectivity index (χ0v) is 11.2. The van der Waals surface area contributed by atoms with Crippen LogP contribution in [0.3, 0.4) is 0 Å². The minimum absolute atomic E-state index is 0.0182. The number of carbonyl (C=O) groups excluding carboxylic acids is 1. The lowest BCUT2D eigenvalue weighted by Crippen LogP contribution is -2.20. The molecule has 0 aliphatic heterocycles. The zero-order valence-electron chi connectivity index (χ0n) is 10.4. The van der Waals surface area contributed by atoms with Crippen molar-refractivity contribution in [2.45, 2.75) is 0 Å². The Morgan fingerprint density at radius 2 is 2.10 bits per heavy atom. The van der Waals surface area contributed by atoms with Crippen LogP contribution in [0.1, 0.15) is 0 Å². The van der Waals surface area contributed by atoms with Crippen LogP contribution in [-0.4, -0.2) is 12.5 Å². The van der Waals surface area contributed by atoms with Crippen LogP contribution in [0.15, 0.2) is 42.5 Å². The van der Waals surface area contributed by atoms with Crippen LogP contribution in [0.4, 0.5) is 15.8 Å². The molecule has 0 unspecified atom stereocenters. The van der Waals surface area contributed by atoms with Crippen molar-refractivity contribution in [2.24, 2.45) is 0 Å². The lowest BCUT2D eigenvalue weighted by Gasteiger charge is -2.09. The van der Waals surface area contributed by atoms with E-state index in [4.69, 9.17) is 22.1 Å². The molecule has 104 valence electrons. The number of hydrogen-bond acceptors (Lipinski definition) is 3.